The van der Waals surface area contributed by atoms with Crippen molar-refractivity contribution < 1.29 is 4.79 Å². The van der Waals surface area contributed by atoms with Crippen LogP contribution in [0.15, 0.2) is 0 Å². The molecule has 80 valence electrons. The predicted molar refractivity (Wildman–Crippen MR) is 56.9 cm³/mol. The average molecular weight is 195 g/mol. The number of nitrogens with one attached hydrogen (secondary N) is 1. The summed E-state index contributed by atoms with van der Waals surface area (Å²) in [5.74, 6) is 1.88. The molecule has 0 aliphatic heterocycles. The molecule has 2 bridgehead atoms. The molecule has 0 radical (unpaired) electrons. The van der Waals surface area contributed by atoms with E-state index in [1.54, 1.807) is 6.92 Å². The van der Waals surface area contributed by atoms with E-state index in [0.29, 0.717) is 6.04 Å². The van der Waals surface area contributed by atoms with Crippen molar-refractivity contribution in [2.45, 2.75) is 57.9 Å². The van der Waals surface area contributed by atoms with E-state index in [9.17, 15) is 4.79 Å². The largest absolute Gasteiger partial charge is 0.353 e. The first-order chi connectivity index (χ1) is 6.75. The monoisotopic (exact) mass is 195 g/mol. The van der Waals surface area contributed by atoms with Gasteiger partial charge in [0.05, 0.1) is 0 Å². The lowest BCUT2D eigenvalue weighted by atomic mass is 9.88. The highest BCUT2D eigenvalue weighted by molar-refractivity contribution is 5.73. The molecule has 14 heavy (non-hydrogen) atoms. The third-order valence-corrected chi connectivity index (χ3v) is 3.98. The van der Waals surface area contributed by atoms with Crippen LogP contribution in [0.2, 0.25) is 0 Å². The number of amides is 1. The summed E-state index contributed by atoms with van der Waals surface area (Å²) in [6.07, 6.45) is 9.45. The number of rotatable bonds is 1. The second kappa shape index (κ2) is 4.33. The lowest BCUT2D eigenvalue weighted by Crippen LogP contribution is -2.38. The van der Waals surface area contributed by atoms with Gasteiger partial charge in [0.2, 0.25) is 5.91 Å². The molecule has 0 spiro atoms. The van der Waals surface area contributed by atoms with Crippen molar-refractivity contribution in [3.8, 4) is 0 Å². The summed E-state index contributed by atoms with van der Waals surface area (Å²) in [5, 5.41) is 3.14. The van der Waals surface area contributed by atoms with Crippen molar-refractivity contribution in [1.29, 1.82) is 0 Å². The number of fused-ring (bicyclic) bond motifs is 3. The normalized spacial score (nSPS) is 37.4. The van der Waals surface area contributed by atoms with E-state index in [0.717, 1.165) is 11.8 Å². The third-order valence-electron chi connectivity index (χ3n) is 3.98. The van der Waals surface area contributed by atoms with Gasteiger partial charge >= 0.3 is 0 Å². The van der Waals surface area contributed by atoms with E-state index >= 15 is 0 Å². The van der Waals surface area contributed by atoms with Gasteiger partial charge in [0.1, 0.15) is 0 Å². The molecule has 2 nitrogen and oxygen atoms in total. The fraction of sp³-hybridized carbons (Fsp3) is 0.917. The Morgan fingerprint density at radius 3 is 2.64 bits per heavy atom. The van der Waals surface area contributed by atoms with Gasteiger partial charge in [-0.15, -0.1) is 0 Å². The maximum atomic E-state index is 11.1. The number of carbonyl (C=O) groups excluding carboxylic acids is 1. The first kappa shape index (κ1) is 10.0. The molecule has 2 fully saturated rings. The van der Waals surface area contributed by atoms with E-state index < -0.39 is 0 Å². The summed E-state index contributed by atoms with van der Waals surface area (Å²) in [6, 6.07) is 0.484. The van der Waals surface area contributed by atoms with Gasteiger partial charge < -0.3 is 5.32 Å². The molecular weight excluding hydrogens is 174 g/mol. The standard InChI is InChI=1S/C12H21NO/c1-9(14)13-12-8-6-10-3-2-4-11(12)7-5-10/h10-12H,2-8H2,1H3,(H,13,14). The molecular formula is C12H21NO. The quantitative estimate of drug-likeness (QED) is 0.684. The van der Waals surface area contributed by atoms with E-state index in [-0.39, 0.29) is 5.91 Å². The van der Waals surface area contributed by atoms with Gasteiger partial charge in [-0.25, -0.2) is 0 Å². The molecule has 2 aliphatic rings. The fourth-order valence-corrected chi connectivity index (χ4v) is 3.20. The van der Waals surface area contributed by atoms with Crippen molar-refractivity contribution in [3.63, 3.8) is 0 Å². The molecule has 0 aromatic rings. The second-order valence-electron chi connectivity index (χ2n) is 5.02. The predicted octanol–water partition coefficient (Wildman–Crippen LogP) is 2.48. The van der Waals surface area contributed by atoms with E-state index in [2.05, 4.69) is 5.32 Å². The smallest absolute Gasteiger partial charge is 0.217 e. The van der Waals surface area contributed by atoms with Gasteiger partial charge in [-0.05, 0) is 37.5 Å². The number of hydrogen-bond donors (Lipinski definition) is 1. The first-order valence-corrected chi connectivity index (χ1v) is 6.03. The van der Waals surface area contributed by atoms with Gasteiger partial charge in [-0.1, -0.05) is 19.3 Å². The number of carbonyl (C=O) groups is 1. The highest BCUT2D eigenvalue weighted by Gasteiger charge is 2.30. The maximum absolute atomic E-state index is 11.1. The molecule has 0 heterocycles. The molecule has 2 aliphatic carbocycles. The molecule has 1 N–H and O–H groups in total. The SMILES string of the molecule is CC(=O)NC1CCC2CCCC1CC2. The zero-order valence-corrected chi connectivity index (χ0v) is 9.09. The Hall–Kier alpha value is -0.530. The van der Waals surface area contributed by atoms with Crippen LogP contribution in [0.25, 0.3) is 0 Å². The van der Waals surface area contributed by atoms with E-state index in [1.807, 2.05) is 0 Å². The second-order valence-corrected chi connectivity index (χ2v) is 5.02. The Morgan fingerprint density at radius 1 is 1.07 bits per heavy atom. The van der Waals surface area contributed by atoms with Crippen molar-refractivity contribution in [2.75, 3.05) is 0 Å². The molecule has 1 amide bonds. The van der Waals surface area contributed by atoms with Crippen LogP contribution in [0.1, 0.15) is 51.9 Å². The lowest BCUT2D eigenvalue weighted by molar-refractivity contribution is -0.120. The van der Waals surface area contributed by atoms with E-state index in [4.69, 9.17) is 0 Å². The Bertz CT molecular complexity index is 214. The fourth-order valence-electron chi connectivity index (χ4n) is 3.20. The molecule has 0 aromatic heterocycles. The summed E-state index contributed by atoms with van der Waals surface area (Å²) in [6.45, 7) is 1.64. The molecule has 2 saturated carbocycles. The minimum Gasteiger partial charge on any atom is -0.353 e. The topological polar surface area (TPSA) is 29.1 Å². The summed E-state index contributed by atoms with van der Waals surface area (Å²) in [7, 11) is 0. The summed E-state index contributed by atoms with van der Waals surface area (Å²) < 4.78 is 0. The van der Waals surface area contributed by atoms with Gasteiger partial charge in [0.15, 0.2) is 0 Å². The van der Waals surface area contributed by atoms with Crippen LogP contribution >= 0.6 is 0 Å². The minimum atomic E-state index is 0.152. The molecule has 3 atom stereocenters. The van der Waals surface area contributed by atoms with E-state index in [1.165, 1.54) is 44.9 Å². The molecule has 0 aromatic carbocycles. The molecule has 2 rings (SSSR count). The Morgan fingerprint density at radius 2 is 1.86 bits per heavy atom. The highest BCUT2D eigenvalue weighted by atomic mass is 16.1. The van der Waals surface area contributed by atoms with Crippen molar-refractivity contribution >= 4 is 5.91 Å². The molecule has 3 unspecified atom stereocenters. The zero-order valence-electron chi connectivity index (χ0n) is 9.09. The van der Waals surface area contributed by atoms with Gasteiger partial charge in [0, 0.05) is 13.0 Å². The van der Waals surface area contributed by atoms with Crippen LogP contribution in [-0.2, 0) is 4.79 Å². The van der Waals surface area contributed by atoms with Crippen molar-refractivity contribution in [2.24, 2.45) is 11.8 Å². The van der Waals surface area contributed by atoms with Crippen LogP contribution in [0.5, 0.6) is 0 Å². The summed E-state index contributed by atoms with van der Waals surface area (Å²) in [5.41, 5.74) is 0. The van der Waals surface area contributed by atoms with Crippen molar-refractivity contribution in [1.82, 2.24) is 5.32 Å². The lowest BCUT2D eigenvalue weighted by Gasteiger charge is -2.26. The van der Waals surface area contributed by atoms with Gasteiger partial charge in [-0.3, -0.25) is 4.79 Å². The van der Waals surface area contributed by atoms with Crippen LogP contribution in [-0.4, -0.2) is 11.9 Å². The maximum Gasteiger partial charge on any atom is 0.217 e. The summed E-state index contributed by atoms with van der Waals surface area (Å²) >= 11 is 0. The van der Waals surface area contributed by atoms with Crippen LogP contribution in [0, 0.1) is 11.8 Å². The van der Waals surface area contributed by atoms with Gasteiger partial charge in [0.25, 0.3) is 0 Å². The Kier molecular flexibility index (Phi) is 3.09. The molecule has 0 saturated heterocycles. The summed E-state index contributed by atoms with van der Waals surface area (Å²) in [4.78, 5) is 11.1. The molecule has 2 heteroatoms. The Balaban J connectivity index is 2.00. The van der Waals surface area contributed by atoms with Crippen LogP contribution < -0.4 is 5.32 Å². The average Bonchev–Trinajstić information content (AvgIpc) is 2.42. The Labute approximate surface area is 86.5 Å². The van der Waals surface area contributed by atoms with Crippen molar-refractivity contribution in [3.05, 3.63) is 0 Å². The highest BCUT2D eigenvalue weighted by Crippen LogP contribution is 2.37. The van der Waals surface area contributed by atoms with Crippen LogP contribution in [0.3, 0.4) is 0 Å². The zero-order chi connectivity index (χ0) is 9.97. The number of hydrogen-bond acceptors (Lipinski definition) is 1. The van der Waals surface area contributed by atoms with Gasteiger partial charge in [-0.2, -0.15) is 0 Å². The first-order valence-electron chi connectivity index (χ1n) is 6.03. The van der Waals surface area contributed by atoms with Crippen LogP contribution in [0.4, 0.5) is 0 Å². The minimum absolute atomic E-state index is 0.152. The third kappa shape index (κ3) is 2.28.